The van der Waals surface area contributed by atoms with E-state index in [2.05, 4.69) is 37.3 Å². The maximum absolute atomic E-state index is 13.7. The molecule has 0 radical (unpaired) electrons. The molecule has 0 saturated heterocycles. The van der Waals surface area contributed by atoms with Gasteiger partial charge in [-0.1, -0.05) is 22.9 Å². The Morgan fingerprint density at radius 1 is 1.30 bits per heavy atom. The molecule has 206 valence electrons. The number of hydrogen-bond donors (Lipinski definition) is 3. The van der Waals surface area contributed by atoms with E-state index in [-0.39, 0.29) is 17.1 Å². The number of aromatic nitrogens is 4. The van der Waals surface area contributed by atoms with Crippen LogP contribution in [0.1, 0.15) is 18.2 Å². The summed E-state index contributed by atoms with van der Waals surface area (Å²) >= 11 is 5.93. The molecule has 4 rings (SSSR count). The van der Waals surface area contributed by atoms with E-state index in [1.54, 1.807) is 24.4 Å². The van der Waals surface area contributed by atoms with E-state index >= 15 is 0 Å². The molecule has 0 fully saturated rings. The molecule has 4 aromatic rings. The molecule has 0 unspecified atom stereocenters. The number of halogens is 3. The Kier molecular flexibility index (Phi) is 9.56. The maximum atomic E-state index is 13.7. The lowest BCUT2D eigenvalue weighted by Gasteiger charge is -2.16. The number of pyridine rings is 1. The molecule has 0 atom stereocenters. The highest BCUT2D eigenvalue weighted by Gasteiger charge is 2.15. The summed E-state index contributed by atoms with van der Waals surface area (Å²) < 4.78 is 33.2. The lowest BCUT2D eigenvalue weighted by atomic mass is 10.1. The molecule has 0 aliphatic carbocycles. The van der Waals surface area contributed by atoms with Crippen molar-refractivity contribution in [3.05, 3.63) is 77.0 Å². The molecule has 2 aromatic heterocycles. The fourth-order valence-electron chi connectivity index (χ4n) is 3.77. The predicted octanol–water partition coefficient (Wildman–Crippen LogP) is 4.89. The van der Waals surface area contributed by atoms with Gasteiger partial charge in [-0.25, -0.2) is 13.5 Å². The average Bonchev–Trinajstić information content (AvgIpc) is 3.39. The second kappa shape index (κ2) is 13.5. The molecule has 13 heteroatoms. The van der Waals surface area contributed by atoms with E-state index in [1.807, 2.05) is 6.92 Å². The molecular formula is C27H25ClF2N8O2. The number of hydrogen-bond acceptors (Lipinski definition) is 8. The van der Waals surface area contributed by atoms with Crippen LogP contribution < -0.4 is 20.7 Å². The first-order valence-corrected chi connectivity index (χ1v) is 12.6. The number of benzene rings is 2. The van der Waals surface area contributed by atoms with Gasteiger partial charge >= 0.3 is 0 Å². The van der Waals surface area contributed by atoms with Gasteiger partial charge in [-0.05, 0) is 31.2 Å². The molecule has 0 spiro atoms. The molecular weight excluding hydrogens is 542 g/mol. The van der Waals surface area contributed by atoms with Gasteiger partial charge < -0.3 is 20.7 Å². The Morgan fingerprint density at radius 2 is 2.15 bits per heavy atom. The molecule has 0 aliphatic heterocycles. The summed E-state index contributed by atoms with van der Waals surface area (Å²) in [6.45, 7) is 2.57. The van der Waals surface area contributed by atoms with Gasteiger partial charge in [0.1, 0.15) is 24.3 Å². The van der Waals surface area contributed by atoms with Crippen molar-refractivity contribution in [1.82, 2.24) is 25.3 Å². The zero-order valence-electron chi connectivity index (χ0n) is 21.4. The third kappa shape index (κ3) is 7.07. The normalized spacial score (nSPS) is 11.1. The van der Waals surface area contributed by atoms with Crippen molar-refractivity contribution in [2.45, 2.75) is 20.0 Å². The van der Waals surface area contributed by atoms with E-state index in [1.165, 1.54) is 35.2 Å². The van der Waals surface area contributed by atoms with Crippen LogP contribution in [0.15, 0.2) is 54.9 Å². The van der Waals surface area contributed by atoms with E-state index in [0.717, 1.165) is 0 Å². The Morgan fingerprint density at radius 3 is 2.90 bits per heavy atom. The molecule has 0 bridgehead atoms. The number of carbonyl (C=O) groups is 1. The van der Waals surface area contributed by atoms with Gasteiger partial charge in [-0.3, -0.25) is 9.78 Å². The van der Waals surface area contributed by atoms with Crippen LogP contribution >= 0.6 is 11.6 Å². The number of nitrogens with zero attached hydrogens (tertiary/aromatic N) is 5. The number of rotatable bonds is 12. The van der Waals surface area contributed by atoms with Crippen molar-refractivity contribution in [3.8, 4) is 11.8 Å². The number of nitrogens with one attached hydrogen (secondary N) is 3. The number of anilines is 3. The summed E-state index contributed by atoms with van der Waals surface area (Å²) in [4.78, 5) is 17.1. The minimum atomic E-state index is -0.566. The highest BCUT2D eigenvalue weighted by atomic mass is 35.5. The third-order valence-electron chi connectivity index (χ3n) is 5.57. The molecule has 40 heavy (non-hydrogen) atoms. The number of carbonyl (C=O) groups excluding carboxylic acids is 1. The third-order valence-corrected chi connectivity index (χ3v) is 5.86. The first kappa shape index (κ1) is 28.4. The number of amides is 1. The smallest absolute Gasteiger partial charge is 0.248 e. The maximum Gasteiger partial charge on any atom is 0.248 e. The molecule has 2 heterocycles. The summed E-state index contributed by atoms with van der Waals surface area (Å²) in [5.41, 5.74) is 2.66. The number of nitriles is 1. The second-order valence-corrected chi connectivity index (χ2v) is 8.80. The molecule has 2 aromatic carbocycles. The summed E-state index contributed by atoms with van der Waals surface area (Å²) in [5.74, 6) is -0.567. The summed E-state index contributed by atoms with van der Waals surface area (Å²) in [6, 6.07) is 9.55. The van der Waals surface area contributed by atoms with Crippen LogP contribution in [0.25, 0.3) is 10.9 Å². The standard InChI is InChI=1S/C27H25ClF2N8O2/c1-2-40-25-12-23-20(27(17(13-31)14-33-23)34-18-5-6-22(30)21(28)10-18)11-24(25)35-26(39)4-3-8-32-15-19-16-38(9-7-29)37-36-19/h3-6,10-12,14,16,32H,2,7-9,15H2,1H3,(H,33,34)(H,35,39)/b4-3+. The molecule has 1 amide bonds. The van der Waals surface area contributed by atoms with Crippen LogP contribution in [-0.4, -0.2) is 45.7 Å². The van der Waals surface area contributed by atoms with Crippen molar-refractivity contribution in [2.75, 3.05) is 30.5 Å². The van der Waals surface area contributed by atoms with Gasteiger partial charge in [0.05, 0.1) is 46.3 Å². The van der Waals surface area contributed by atoms with Crippen molar-refractivity contribution in [1.29, 1.82) is 5.26 Å². The zero-order chi connectivity index (χ0) is 28.5. The number of alkyl halides is 1. The van der Waals surface area contributed by atoms with Crippen molar-refractivity contribution < 1.29 is 18.3 Å². The summed E-state index contributed by atoms with van der Waals surface area (Å²) in [7, 11) is 0. The van der Waals surface area contributed by atoms with Gasteiger partial charge in [0.25, 0.3) is 0 Å². The zero-order valence-corrected chi connectivity index (χ0v) is 22.2. The summed E-state index contributed by atoms with van der Waals surface area (Å²) in [6.07, 6.45) is 6.08. The molecule has 3 N–H and O–H groups in total. The fourth-order valence-corrected chi connectivity index (χ4v) is 3.95. The summed E-state index contributed by atoms with van der Waals surface area (Å²) in [5, 5.41) is 26.9. The van der Waals surface area contributed by atoms with Crippen molar-refractivity contribution in [2.24, 2.45) is 0 Å². The highest BCUT2D eigenvalue weighted by molar-refractivity contribution is 6.31. The van der Waals surface area contributed by atoms with Crippen LogP contribution in [0, 0.1) is 17.1 Å². The molecule has 0 saturated carbocycles. The van der Waals surface area contributed by atoms with Crippen LogP contribution in [0.3, 0.4) is 0 Å². The van der Waals surface area contributed by atoms with Gasteiger partial charge in [-0.2, -0.15) is 5.26 Å². The fraction of sp³-hybridized carbons (Fsp3) is 0.222. The second-order valence-electron chi connectivity index (χ2n) is 8.40. The van der Waals surface area contributed by atoms with Gasteiger partial charge in [0, 0.05) is 48.7 Å². The van der Waals surface area contributed by atoms with Gasteiger partial charge in [0.2, 0.25) is 5.91 Å². The van der Waals surface area contributed by atoms with Crippen molar-refractivity contribution in [3.63, 3.8) is 0 Å². The first-order valence-electron chi connectivity index (χ1n) is 12.3. The van der Waals surface area contributed by atoms with E-state index in [4.69, 9.17) is 16.3 Å². The highest BCUT2D eigenvalue weighted by Crippen LogP contribution is 2.36. The average molecular weight is 567 g/mol. The topological polar surface area (TPSA) is 130 Å². The number of ether oxygens (including phenoxy) is 1. The quantitative estimate of drug-likeness (QED) is 0.163. The van der Waals surface area contributed by atoms with Crippen LogP contribution in [0.5, 0.6) is 5.75 Å². The largest absolute Gasteiger partial charge is 0.492 e. The minimum Gasteiger partial charge on any atom is -0.492 e. The number of aryl methyl sites for hydroxylation is 1. The lowest BCUT2D eigenvalue weighted by molar-refractivity contribution is -0.111. The van der Waals surface area contributed by atoms with E-state index in [0.29, 0.717) is 59.1 Å². The van der Waals surface area contributed by atoms with Crippen LogP contribution in [0.2, 0.25) is 5.02 Å². The Hall–Kier alpha value is -4.60. The Labute approximate surface area is 233 Å². The minimum absolute atomic E-state index is 0.0714. The molecule has 0 aliphatic rings. The van der Waals surface area contributed by atoms with Crippen LogP contribution in [-0.2, 0) is 17.9 Å². The van der Waals surface area contributed by atoms with E-state index < -0.39 is 18.4 Å². The lowest BCUT2D eigenvalue weighted by Crippen LogP contribution is -2.15. The van der Waals surface area contributed by atoms with E-state index in [9.17, 15) is 18.8 Å². The van der Waals surface area contributed by atoms with Crippen LogP contribution in [0.4, 0.5) is 25.8 Å². The molecule has 10 nitrogen and oxygen atoms in total. The predicted molar refractivity (Wildman–Crippen MR) is 148 cm³/mol. The van der Waals surface area contributed by atoms with Gasteiger partial charge in [0.15, 0.2) is 0 Å². The number of fused-ring (bicyclic) bond motifs is 1. The Bertz CT molecular complexity index is 1590. The SMILES string of the molecule is CCOc1cc2ncc(C#N)c(Nc3ccc(F)c(Cl)c3)c2cc1NC(=O)/C=C/CNCc1cn(CCF)nn1. The Balaban J connectivity index is 1.52. The van der Waals surface area contributed by atoms with Crippen molar-refractivity contribution >= 4 is 45.5 Å². The monoisotopic (exact) mass is 566 g/mol. The van der Waals surface area contributed by atoms with Gasteiger partial charge in [-0.15, -0.1) is 5.10 Å². The first-order chi connectivity index (χ1) is 19.4.